The standard InChI is InChI=1S/C17H16N.2ClH.Ti/c1-13-8-10-16(11-9-13)18-12-15-6-2-4-14-5-3-7-17(14)15;;;/h2-4,6-11H,5,12H2,1H3;2*1H;/q-1;;;+3/p-2. The molecule has 2 aromatic rings. The summed E-state index contributed by atoms with van der Waals surface area (Å²) in [5.41, 5.74) is 6.44. The van der Waals surface area contributed by atoms with Crippen LogP contribution in [0.25, 0.3) is 11.4 Å². The van der Waals surface area contributed by atoms with Gasteiger partial charge in [0, 0.05) is 0 Å². The fourth-order valence-corrected chi connectivity index (χ4v) is 2.33. The van der Waals surface area contributed by atoms with E-state index in [9.17, 15) is 0 Å². The van der Waals surface area contributed by atoms with Crippen LogP contribution in [0.2, 0.25) is 0 Å². The van der Waals surface area contributed by atoms with Gasteiger partial charge >= 0.3 is 21.7 Å². The van der Waals surface area contributed by atoms with Crippen molar-refractivity contribution in [3.8, 4) is 0 Å². The number of allylic oxidation sites excluding steroid dienone is 1. The van der Waals surface area contributed by atoms with Gasteiger partial charge in [-0.2, -0.15) is 0 Å². The number of nitrogens with zero attached hydrogens (tertiary/aromatic N) is 1. The number of hydrogen-bond acceptors (Lipinski definition) is 0. The van der Waals surface area contributed by atoms with Crippen molar-refractivity contribution in [2.24, 2.45) is 0 Å². The molecule has 0 unspecified atom stereocenters. The van der Waals surface area contributed by atoms with Gasteiger partial charge in [-0.25, -0.2) is 0 Å². The van der Waals surface area contributed by atoms with Gasteiger partial charge in [0.2, 0.25) is 0 Å². The molecule has 0 bridgehead atoms. The maximum atomic E-state index is 4.66. The third kappa shape index (κ3) is 4.90. The minimum Gasteiger partial charge on any atom is -1.00 e. The van der Waals surface area contributed by atoms with Crippen molar-refractivity contribution in [1.29, 1.82) is 0 Å². The van der Waals surface area contributed by atoms with Crippen LogP contribution in [0.1, 0.15) is 22.3 Å². The summed E-state index contributed by atoms with van der Waals surface area (Å²) in [6, 6.07) is 14.9. The zero-order chi connectivity index (χ0) is 12.4. The fraction of sp³-hybridized carbons (Fsp3) is 0.176. The summed E-state index contributed by atoms with van der Waals surface area (Å²) >= 11 is 0. The van der Waals surface area contributed by atoms with Crippen LogP contribution in [0.5, 0.6) is 0 Å². The minimum absolute atomic E-state index is 0. The zero-order valence-corrected chi connectivity index (χ0v) is 14.9. The molecular weight excluding hydrogens is 337 g/mol. The second-order valence-corrected chi connectivity index (χ2v) is 4.75. The maximum absolute atomic E-state index is 4.66. The number of hydrogen-bond donors (Lipinski definition) is 0. The second kappa shape index (κ2) is 9.32. The molecule has 0 atom stereocenters. The Labute approximate surface area is 153 Å². The SMILES string of the molecule is Cc1ccc([N-]Cc2cccc3c2C=CC3)cc1.[Cl-].[Cl-].[Ti+3]. The molecule has 0 aromatic heterocycles. The van der Waals surface area contributed by atoms with Gasteiger partial charge in [0.25, 0.3) is 0 Å². The number of rotatable bonds is 3. The van der Waals surface area contributed by atoms with E-state index in [1.165, 1.54) is 22.3 Å². The van der Waals surface area contributed by atoms with E-state index >= 15 is 0 Å². The molecular formula is C17H16Cl2NTi. The van der Waals surface area contributed by atoms with Crippen LogP contribution < -0.4 is 24.8 Å². The molecule has 21 heavy (non-hydrogen) atoms. The van der Waals surface area contributed by atoms with Crippen LogP contribution in [-0.4, -0.2) is 0 Å². The van der Waals surface area contributed by atoms with Crippen molar-refractivity contribution < 1.29 is 46.5 Å². The first-order chi connectivity index (χ1) is 8.83. The van der Waals surface area contributed by atoms with Crippen LogP contribution in [0.3, 0.4) is 0 Å². The smallest absolute Gasteiger partial charge is 1.00 e. The fourth-order valence-electron chi connectivity index (χ4n) is 2.33. The molecule has 1 nitrogen and oxygen atoms in total. The molecule has 0 fully saturated rings. The first-order valence-electron chi connectivity index (χ1n) is 6.34. The Balaban J connectivity index is 0.00000133. The quantitative estimate of drug-likeness (QED) is 0.615. The van der Waals surface area contributed by atoms with Crippen LogP contribution in [0.15, 0.2) is 48.5 Å². The number of benzene rings is 2. The van der Waals surface area contributed by atoms with Crippen molar-refractivity contribution in [3.05, 3.63) is 76.1 Å². The third-order valence-corrected chi connectivity index (χ3v) is 3.37. The van der Waals surface area contributed by atoms with Gasteiger partial charge in [-0.1, -0.05) is 65.7 Å². The third-order valence-electron chi connectivity index (χ3n) is 3.37. The largest absolute Gasteiger partial charge is 3.00 e. The Bertz CT molecular complexity index is 594. The summed E-state index contributed by atoms with van der Waals surface area (Å²) in [6.07, 6.45) is 5.50. The zero-order valence-electron chi connectivity index (χ0n) is 11.8. The monoisotopic (exact) mass is 352 g/mol. The van der Waals surface area contributed by atoms with E-state index in [-0.39, 0.29) is 46.5 Å². The average molecular weight is 353 g/mol. The van der Waals surface area contributed by atoms with E-state index in [1.807, 2.05) is 0 Å². The summed E-state index contributed by atoms with van der Waals surface area (Å²) in [7, 11) is 0. The van der Waals surface area contributed by atoms with Crippen molar-refractivity contribution in [2.75, 3.05) is 0 Å². The van der Waals surface area contributed by atoms with Gasteiger partial charge in [0.05, 0.1) is 0 Å². The molecule has 107 valence electrons. The molecule has 0 aliphatic heterocycles. The van der Waals surface area contributed by atoms with E-state index in [0.717, 1.165) is 18.7 Å². The molecule has 3 rings (SSSR count). The van der Waals surface area contributed by atoms with Gasteiger partial charge in [-0.05, 0) is 24.5 Å². The van der Waals surface area contributed by atoms with Gasteiger partial charge in [-0.15, -0.1) is 12.2 Å². The van der Waals surface area contributed by atoms with Crippen molar-refractivity contribution >= 4 is 11.8 Å². The van der Waals surface area contributed by atoms with E-state index in [4.69, 9.17) is 0 Å². The van der Waals surface area contributed by atoms with Gasteiger partial charge < -0.3 is 30.1 Å². The Kier molecular flexibility index (Phi) is 9.00. The normalized spacial score (nSPS) is 10.7. The van der Waals surface area contributed by atoms with E-state index in [0.29, 0.717) is 0 Å². The number of aryl methyl sites for hydroxylation is 1. The Morgan fingerprint density at radius 3 is 2.43 bits per heavy atom. The molecule has 0 amide bonds. The van der Waals surface area contributed by atoms with Crippen LogP contribution in [-0.2, 0) is 34.7 Å². The van der Waals surface area contributed by atoms with Crippen molar-refractivity contribution in [3.63, 3.8) is 0 Å². The molecule has 0 heterocycles. The molecule has 1 radical (unpaired) electrons. The van der Waals surface area contributed by atoms with Crippen LogP contribution in [0.4, 0.5) is 5.69 Å². The van der Waals surface area contributed by atoms with Gasteiger partial charge in [0.1, 0.15) is 0 Å². The summed E-state index contributed by atoms with van der Waals surface area (Å²) in [6.45, 7) is 2.86. The number of fused-ring (bicyclic) bond motifs is 1. The van der Waals surface area contributed by atoms with E-state index in [2.05, 4.69) is 66.9 Å². The Hall–Kier alpha value is -0.726. The van der Waals surface area contributed by atoms with Crippen LogP contribution >= 0.6 is 0 Å². The first kappa shape index (κ1) is 20.3. The summed E-state index contributed by atoms with van der Waals surface area (Å²) < 4.78 is 0. The Morgan fingerprint density at radius 2 is 1.71 bits per heavy atom. The maximum Gasteiger partial charge on any atom is 3.00 e. The summed E-state index contributed by atoms with van der Waals surface area (Å²) in [5.74, 6) is 0. The van der Waals surface area contributed by atoms with Crippen molar-refractivity contribution in [2.45, 2.75) is 19.9 Å². The molecule has 0 saturated carbocycles. The molecule has 1 aliphatic carbocycles. The molecule has 2 aromatic carbocycles. The number of halogens is 2. The van der Waals surface area contributed by atoms with E-state index in [1.54, 1.807) is 0 Å². The van der Waals surface area contributed by atoms with Crippen molar-refractivity contribution in [1.82, 2.24) is 0 Å². The molecule has 0 spiro atoms. The van der Waals surface area contributed by atoms with E-state index < -0.39 is 0 Å². The average Bonchev–Trinajstić information content (AvgIpc) is 2.87. The molecule has 0 N–H and O–H groups in total. The first-order valence-corrected chi connectivity index (χ1v) is 6.34. The topological polar surface area (TPSA) is 14.1 Å². The summed E-state index contributed by atoms with van der Waals surface area (Å²) in [4.78, 5) is 0. The summed E-state index contributed by atoms with van der Waals surface area (Å²) in [5, 5.41) is 4.66. The molecule has 1 aliphatic rings. The molecule has 0 saturated heterocycles. The second-order valence-electron chi connectivity index (χ2n) is 4.75. The molecule has 4 heteroatoms. The van der Waals surface area contributed by atoms with Gasteiger partial charge in [0.15, 0.2) is 0 Å². The van der Waals surface area contributed by atoms with Crippen LogP contribution in [0, 0.1) is 6.92 Å². The minimum atomic E-state index is 0. The van der Waals surface area contributed by atoms with Gasteiger partial charge in [-0.3, -0.25) is 0 Å². The Morgan fingerprint density at radius 1 is 1.00 bits per heavy atom. The predicted octanol–water partition coefficient (Wildman–Crippen LogP) is -1.22. The predicted molar refractivity (Wildman–Crippen MR) is 77.1 cm³/mol.